The molecule has 1 fully saturated rings. The van der Waals surface area contributed by atoms with Gasteiger partial charge in [-0.05, 0) is 96.3 Å². The monoisotopic (exact) mass is 616 g/mol. The van der Waals surface area contributed by atoms with Crippen LogP contribution in [0.2, 0.25) is 5.02 Å². The number of carbonyl (C=O) groups is 1. The van der Waals surface area contributed by atoms with Gasteiger partial charge in [-0.3, -0.25) is 14.8 Å². The molecule has 1 saturated carbocycles. The fraction of sp³-hybridized carbons (Fsp3) is 0.471. The van der Waals surface area contributed by atoms with Gasteiger partial charge in [0.05, 0.1) is 40.1 Å². The number of hydrogen-bond donors (Lipinski definition) is 2. The molecule has 0 saturated heterocycles. The van der Waals surface area contributed by atoms with Crippen LogP contribution in [0.25, 0.3) is 10.9 Å². The van der Waals surface area contributed by atoms with E-state index in [0.717, 1.165) is 25.8 Å². The molecule has 1 aromatic heterocycles. The highest BCUT2D eigenvalue weighted by Crippen LogP contribution is 2.38. The normalized spacial score (nSPS) is 17.9. The summed E-state index contributed by atoms with van der Waals surface area (Å²) in [6.45, 7) is 3.63. The Balaban J connectivity index is 1.35. The zero-order valence-corrected chi connectivity index (χ0v) is 26.5. The van der Waals surface area contributed by atoms with Crippen LogP contribution >= 0.6 is 11.6 Å². The van der Waals surface area contributed by atoms with Crippen LogP contribution in [0.3, 0.4) is 0 Å². The number of rotatable bonds is 12. The summed E-state index contributed by atoms with van der Waals surface area (Å²) in [4.78, 5) is 24.3. The molecule has 1 amide bonds. The SMILES string of the molecule is CCOc1cc2ncc(C#N)c(Nc3ccc(OCC4CCC5CCCCC5=N4)c(Cl)c3)c2cc1NC(=O)CCCN(C)C. The number of aliphatic imine (C=N–C) groups is 1. The second kappa shape index (κ2) is 14.7. The quantitative estimate of drug-likeness (QED) is 0.219. The molecule has 2 aliphatic rings. The van der Waals surface area contributed by atoms with Crippen molar-refractivity contribution >= 4 is 51.2 Å². The molecule has 1 aliphatic carbocycles. The van der Waals surface area contributed by atoms with Crippen molar-refractivity contribution in [1.82, 2.24) is 9.88 Å². The lowest BCUT2D eigenvalue weighted by atomic mass is 9.81. The Morgan fingerprint density at radius 3 is 2.77 bits per heavy atom. The van der Waals surface area contributed by atoms with Gasteiger partial charge in [0.15, 0.2) is 0 Å². The molecule has 2 atom stereocenters. The van der Waals surface area contributed by atoms with Crippen molar-refractivity contribution in [1.29, 1.82) is 5.26 Å². The van der Waals surface area contributed by atoms with Crippen LogP contribution in [-0.2, 0) is 4.79 Å². The van der Waals surface area contributed by atoms with Crippen LogP contribution in [0.1, 0.15) is 63.9 Å². The Bertz CT molecular complexity index is 1570. The Morgan fingerprint density at radius 2 is 2.00 bits per heavy atom. The summed E-state index contributed by atoms with van der Waals surface area (Å²) in [7, 11) is 3.96. The Morgan fingerprint density at radius 1 is 1.14 bits per heavy atom. The second-order valence-corrected chi connectivity index (χ2v) is 12.2. The van der Waals surface area contributed by atoms with Gasteiger partial charge in [-0.2, -0.15) is 5.26 Å². The molecule has 9 nitrogen and oxygen atoms in total. The van der Waals surface area contributed by atoms with Crippen LogP contribution in [0.15, 0.2) is 41.5 Å². The number of fused-ring (bicyclic) bond motifs is 2. The van der Waals surface area contributed by atoms with Gasteiger partial charge in [0, 0.05) is 35.5 Å². The fourth-order valence-electron chi connectivity index (χ4n) is 5.97. The first-order chi connectivity index (χ1) is 21.3. The zero-order valence-electron chi connectivity index (χ0n) is 25.8. The molecule has 0 radical (unpaired) electrons. The standard InChI is InChI=1S/C34H41ClN6O3/c1-4-43-32-18-29-26(17-30(32)40-33(42)10-7-15-41(2)3)34(23(19-36)20-37-29)39-24-13-14-31(27(35)16-24)44-21-25-12-11-22-8-5-6-9-28(22)38-25/h13-14,16-18,20,22,25H,4-12,15,21H2,1-3H3,(H,37,39)(H,40,42). The number of pyridine rings is 1. The third-order valence-corrected chi connectivity index (χ3v) is 8.50. The van der Waals surface area contributed by atoms with E-state index < -0.39 is 0 Å². The van der Waals surface area contributed by atoms with Gasteiger partial charge in [0.1, 0.15) is 24.2 Å². The third-order valence-electron chi connectivity index (χ3n) is 8.21. The lowest BCUT2D eigenvalue weighted by Gasteiger charge is -2.31. The molecule has 2 aromatic carbocycles. The number of anilines is 3. The Hall–Kier alpha value is -3.87. The number of nitrogens with one attached hydrogen (secondary N) is 2. The largest absolute Gasteiger partial charge is 0.492 e. The van der Waals surface area contributed by atoms with Gasteiger partial charge < -0.3 is 25.0 Å². The smallest absolute Gasteiger partial charge is 0.224 e. The second-order valence-electron chi connectivity index (χ2n) is 11.8. The van der Waals surface area contributed by atoms with E-state index >= 15 is 0 Å². The van der Waals surface area contributed by atoms with Crippen LogP contribution in [0, 0.1) is 17.2 Å². The van der Waals surface area contributed by atoms with Crippen molar-refractivity contribution < 1.29 is 14.3 Å². The maximum Gasteiger partial charge on any atom is 0.224 e. The van der Waals surface area contributed by atoms with Crippen molar-refractivity contribution in [2.75, 3.05) is 44.5 Å². The molecular formula is C34H41ClN6O3. The maximum atomic E-state index is 12.8. The molecule has 0 bridgehead atoms. The van der Waals surface area contributed by atoms with Gasteiger partial charge in [-0.1, -0.05) is 18.0 Å². The number of nitriles is 1. The van der Waals surface area contributed by atoms with Gasteiger partial charge in [0.25, 0.3) is 0 Å². The Kier molecular flexibility index (Phi) is 10.6. The van der Waals surface area contributed by atoms with E-state index in [1.165, 1.54) is 37.6 Å². The minimum Gasteiger partial charge on any atom is -0.492 e. The van der Waals surface area contributed by atoms with Gasteiger partial charge >= 0.3 is 0 Å². The zero-order chi connectivity index (χ0) is 31.1. The van der Waals surface area contributed by atoms with Crippen LogP contribution in [0.5, 0.6) is 11.5 Å². The highest BCUT2D eigenvalue weighted by atomic mass is 35.5. The summed E-state index contributed by atoms with van der Waals surface area (Å²) >= 11 is 6.67. The summed E-state index contributed by atoms with van der Waals surface area (Å²) in [5, 5.41) is 17.4. The average molecular weight is 617 g/mol. The van der Waals surface area contributed by atoms with E-state index in [-0.39, 0.29) is 11.9 Å². The number of halogens is 1. The highest BCUT2D eigenvalue weighted by molar-refractivity contribution is 6.32. The Labute approximate surface area is 264 Å². The first-order valence-electron chi connectivity index (χ1n) is 15.5. The van der Waals surface area contributed by atoms with Gasteiger partial charge in [-0.25, -0.2) is 0 Å². The van der Waals surface area contributed by atoms with Crippen molar-refractivity contribution in [2.24, 2.45) is 10.9 Å². The van der Waals surface area contributed by atoms with Crippen molar-refractivity contribution in [3.63, 3.8) is 0 Å². The number of ether oxygens (including phenoxy) is 2. The molecule has 10 heteroatoms. The number of hydrogen-bond acceptors (Lipinski definition) is 8. The maximum absolute atomic E-state index is 12.8. The number of carbonyl (C=O) groups excluding carboxylic acids is 1. The lowest BCUT2D eigenvalue weighted by molar-refractivity contribution is -0.116. The first kappa shape index (κ1) is 31.6. The van der Waals surface area contributed by atoms with E-state index in [1.54, 1.807) is 12.1 Å². The average Bonchev–Trinajstić information content (AvgIpc) is 3.01. The molecule has 1 aliphatic heterocycles. The molecule has 232 valence electrons. The number of nitrogens with zero attached hydrogens (tertiary/aromatic N) is 4. The third kappa shape index (κ3) is 7.79. The molecule has 5 rings (SSSR count). The summed E-state index contributed by atoms with van der Waals surface area (Å²) in [5.41, 5.74) is 4.15. The molecule has 0 spiro atoms. The minimum absolute atomic E-state index is 0.105. The summed E-state index contributed by atoms with van der Waals surface area (Å²) in [6, 6.07) is 11.5. The van der Waals surface area contributed by atoms with E-state index in [1.807, 2.05) is 44.1 Å². The molecule has 2 unspecified atom stereocenters. The summed E-state index contributed by atoms with van der Waals surface area (Å²) < 4.78 is 12.0. The van der Waals surface area contributed by atoms with Crippen LogP contribution < -0.4 is 20.1 Å². The molecule has 2 heterocycles. The van der Waals surface area contributed by atoms with Crippen molar-refractivity contribution in [3.8, 4) is 17.6 Å². The van der Waals surface area contributed by atoms with E-state index in [4.69, 9.17) is 26.1 Å². The van der Waals surface area contributed by atoms with Gasteiger partial charge in [0.2, 0.25) is 5.91 Å². The van der Waals surface area contributed by atoms with E-state index in [0.29, 0.717) is 75.6 Å². The molecule has 44 heavy (non-hydrogen) atoms. The highest BCUT2D eigenvalue weighted by Gasteiger charge is 2.27. The number of aromatic nitrogens is 1. The molecule has 2 N–H and O–H groups in total. The number of benzene rings is 2. The summed E-state index contributed by atoms with van der Waals surface area (Å²) in [6.07, 6.45) is 9.83. The predicted octanol–water partition coefficient (Wildman–Crippen LogP) is 7.35. The molecular weight excluding hydrogens is 576 g/mol. The topological polar surface area (TPSA) is 112 Å². The fourth-order valence-corrected chi connectivity index (χ4v) is 6.20. The molecule has 3 aromatic rings. The number of amides is 1. The summed E-state index contributed by atoms with van der Waals surface area (Å²) in [5.74, 6) is 1.69. The predicted molar refractivity (Wildman–Crippen MR) is 177 cm³/mol. The van der Waals surface area contributed by atoms with Gasteiger partial charge in [-0.15, -0.1) is 0 Å². The van der Waals surface area contributed by atoms with E-state index in [2.05, 4.69) is 21.7 Å². The lowest BCUT2D eigenvalue weighted by Crippen LogP contribution is -2.30. The minimum atomic E-state index is -0.105. The van der Waals surface area contributed by atoms with Crippen LogP contribution in [-0.4, -0.2) is 61.4 Å². The van der Waals surface area contributed by atoms with Crippen molar-refractivity contribution in [3.05, 3.63) is 47.1 Å². The first-order valence-corrected chi connectivity index (χ1v) is 15.9. The van der Waals surface area contributed by atoms with E-state index in [9.17, 15) is 10.1 Å². The van der Waals surface area contributed by atoms with Crippen molar-refractivity contribution in [2.45, 2.75) is 64.3 Å². The van der Waals surface area contributed by atoms with Crippen LogP contribution in [0.4, 0.5) is 17.1 Å².